The summed E-state index contributed by atoms with van der Waals surface area (Å²) in [5.74, 6) is -0.331. The van der Waals surface area contributed by atoms with Crippen molar-refractivity contribution in [2.24, 2.45) is 5.73 Å². The molecule has 5 nitrogen and oxygen atoms in total. The van der Waals surface area contributed by atoms with Crippen LogP contribution in [0.5, 0.6) is 0 Å². The van der Waals surface area contributed by atoms with Gasteiger partial charge in [0.1, 0.15) is 0 Å². The van der Waals surface area contributed by atoms with Gasteiger partial charge in [0, 0.05) is 18.7 Å². The van der Waals surface area contributed by atoms with Crippen LogP contribution in [0.4, 0.5) is 5.69 Å². The molecule has 0 saturated heterocycles. The number of nitrogens with one attached hydrogen (secondary N) is 1. The number of anilines is 1. The molecule has 0 aromatic heterocycles. The summed E-state index contributed by atoms with van der Waals surface area (Å²) in [6, 6.07) is 7.22. The van der Waals surface area contributed by atoms with Crippen LogP contribution in [0.15, 0.2) is 24.3 Å². The molecule has 0 unspecified atom stereocenters. The van der Waals surface area contributed by atoms with Gasteiger partial charge >= 0.3 is 0 Å². The van der Waals surface area contributed by atoms with E-state index < -0.39 is 0 Å². The van der Waals surface area contributed by atoms with Crippen molar-refractivity contribution in [2.45, 2.75) is 25.7 Å². The minimum atomic E-state index is -0.303. The average Bonchev–Trinajstić information content (AvgIpc) is 2.31. The van der Waals surface area contributed by atoms with Crippen molar-refractivity contribution < 1.29 is 9.59 Å². The highest BCUT2D eigenvalue weighted by molar-refractivity contribution is 5.78. The van der Waals surface area contributed by atoms with Gasteiger partial charge in [-0.25, -0.2) is 0 Å². The summed E-state index contributed by atoms with van der Waals surface area (Å²) in [7, 11) is 0. The van der Waals surface area contributed by atoms with Gasteiger partial charge < -0.3 is 16.8 Å². The predicted molar refractivity (Wildman–Crippen MR) is 70.6 cm³/mol. The fourth-order valence-electron chi connectivity index (χ4n) is 1.54. The molecule has 0 aliphatic rings. The first-order chi connectivity index (χ1) is 8.58. The summed E-state index contributed by atoms with van der Waals surface area (Å²) in [5, 5.41) is 2.80. The fourth-order valence-corrected chi connectivity index (χ4v) is 1.54. The number of nitrogens with two attached hydrogens (primary N) is 2. The van der Waals surface area contributed by atoms with E-state index in [2.05, 4.69) is 5.32 Å². The topological polar surface area (TPSA) is 98.2 Å². The van der Waals surface area contributed by atoms with Gasteiger partial charge in [0.05, 0.1) is 6.42 Å². The van der Waals surface area contributed by atoms with Crippen LogP contribution >= 0.6 is 0 Å². The maximum Gasteiger partial charge on any atom is 0.224 e. The van der Waals surface area contributed by atoms with Gasteiger partial charge in [0.25, 0.3) is 0 Å². The summed E-state index contributed by atoms with van der Waals surface area (Å²) >= 11 is 0. The van der Waals surface area contributed by atoms with Crippen molar-refractivity contribution in [1.82, 2.24) is 5.32 Å². The molecule has 98 valence electrons. The van der Waals surface area contributed by atoms with Crippen molar-refractivity contribution in [3.05, 3.63) is 29.8 Å². The number of rotatable bonds is 7. The molecule has 0 saturated carbocycles. The summed E-state index contributed by atoms with van der Waals surface area (Å²) in [6.07, 6.45) is 2.18. The van der Waals surface area contributed by atoms with Crippen LogP contribution in [0.3, 0.4) is 0 Å². The summed E-state index contributed by atoms with van der Waals surface area (Å²) in [5.41, 5.74) is 12.2. The van der Waals surface area contributed by atoms with Gasteiger partial charge in [-0.15, -0.1) is 0 Å². The molecule has 0 spiro atoms. The first-order valence-electron chi connectivity index (χ1n) is 5.97. The van der Waals surface area contributed by atoms with Gasteiger partial charge in [-0.3, -0.25) is 9.59 Å². The zero-order valence-corrected chi connectivity index (χ0v) is 10.3. The first-order valence-corrected chi connectivity index (χ1v) is 5.97. The molecule has 5 heteroatoms. The van der Waals surface area contributed by atoms with E-state index in [1.165, 1.54) is 0 Å². The van der Waals surface area contributed by atoms with Crippen LogP contribution in [0.25, 0.3) is 0 Å². The van der Waals surface area contributed by atoms with E-state index in [9.17, 15) is 9.59 Å². The minimum absolute atomic E-state index is 0.0288. The van der Waals surface area contributed by atoms with E-state index in [1.807, 2.05) is 12.1 Å². The van der Waals surface area contributed by atoms with E-state index >= 15 is 0 Å². The number of hydrogen-bond donors (Lipinski definition) is 3. The summed E-state index contributed by atoms with van der Waals surface area (Å²) < 4.78 is 0. The third-order valence-electron chi connectivity index (χ3n) is 2.52. The van der Waals surface area contributed by atoms with Gasteiger partial charge in [-0.2, -0.15) is 0 Å². The summed E-state index contributed by atoms with van der Waals surface area (Å²) in [6.45, 7) is 0.571. The van der Waals surface area contributed by atoms with Crippen molar-refractivity contribution in [3.63, 3.8) is 0 Å². The second kappa shape index (κ2) is 7.32. The van der Waals surface area contributed by atoms with E-state index in [-0.39, 0.29) is 11.8 Å². The number of nitrogen functional groups attached to an aromatic ring is 1. The van der Waals surface area contributed by atoms with Gasteiger partial charge in [0.15, 0.2) is 0 Å². The van der Waals surface area contributed by atoms with Gasteiger partial charge in [-0.1, -0.05) is 12.1 Å². The van der Waals surface area contributed by atoms with Gasteiger partial charge in [0.2, 0.25) is 11.8 Å². The van der Waals surface area contributed by atoms with E-state index in [0.717, 1.165) is 12.0 Å². The maximum atomic E-state index is 11.6. The second-order valence-corrected chi connectivity index (χ2v) is 4.19. The molecule has 18 heavy (non-hydrogen) atoms. The molecule has 2 amide bonds. The number of carbonyl (C=O) groups is 2. The lowest BCUT2D eigenvalue weighted by molar-refractivity contribution is -0.120. The van der Waals surface area contributed by atoms with E-state index in [1.54, 1.807) is 12.1 Å². The SMILES string of the molecule is NC(=O)CCCCNC(=O)Cc1ccc(N)cc1. The lowest BCUT2D eigenvalue weighted by atomic mass is 10.1. The zero-order valence-electron chi connectivity index (χ0n) is 10.3. The number of carbonyl (C=O) groups excluding carboxylic acids is 2. The van der Waals surface area contributed by atoms with Crippen LogP contribution in [0.2, 0.25) is 0 Å². The third kappa shape index (κ3) is 5.89. The Labute approximate surface area is 107 Å². The monoisotopic (exact) mass is 249 g/mol. The highest BCUT2D eigenvalue weighted by Crippen LogP contribution is 2.05. The van der Waals surface area contributed by atoms with E-state index in [4.69, 9.17) is 11.5 Å². The zero-order chi connectivity index (χ0) is 13.4. The number of primary amides is 1. The predicted octanol–water partition coefficient (Wildman–Crippen LogP) is 0.583. The molecule has 0 bridgehead atoms. The number of hydrogen-bond acceptors (Lipinski definition) is 3. The van der Waals surface area contributed by atoms with Crippen molar-refractivity contribution >= 4 is 17.5 Å². The molecule has 1 aromatic carbocycles. The number of amides is 2. The Kier molecular flexibility index (Phi) is 5.70. The smallest absolute Gasteiger partial charge is 0.224 e. The molecular weight excluding hydrogens is 230 g/mol. The van der Waals surface area contributed by atoms with Gasteiger partial charge in [-0.05, 0) is 30.5 Å². The Hall–Kier alpha value is -2.04. The highest BCUT2D eigenvalue weighted by atomic mass is 16.1. The lowest BCUT2D eigenvalue weighted by Crippen LogP contribution is -2.26. The van der Waals surface area contributed by atoms with E-state index in [0.29, 0.717) is 31.5 Å². The van der Waals surface area contributed by atoms with Crippen molar-refractivity contribution in [3.8, 4) is 0 Å². The first kappa shape index (κ1) is 14.0. The third-order valence-corrected chi connectivity index (χ3v) is 2.52. The lowest BCUT2D eigenvalue weighted by Gasteiger charge is -2.05. The Morgan fingerprint density at radius 1 is 1.11 bits per heavy atom. The Morgan fingerprint density at radius 2 is 1.78 bits per heavy atom. The Morgan fingerprint density at radius 3 is 2.39 bits per heavy atom. The molecule has 0 heterocycles. The number of benzene rings is 1. The van der Waals surface area contributed by atoms with Crippen LogP contribution in [0.1, 0.15) is 24.8 Å². The molecular formula is C13H19N3O2. The molecule has 0 radical (unpaired) electrons. The second-order valence-electron chi connectivity index (χ2n) is 4.19. The molecule has 0 atom stereocenters. The molecule has 0 aliphatic carbocycles. The van der Waals surface area contributed by atoms with Crippen LogP contribution in [-0.4, -0.2) is 18.4 Å². The van der Waals surface area contributed by atoms with Crippen LogP contribution in [0, 0.1) is 0 Å². The molecule has 5 N–H and O–H groups in total. The average molecular weight is 249 g/mol. The minimum Gasteiger partial charge on any atom is -0.399 e. The maximum absolute atomic E-state index is 11.6. The molecule has 1 aromatic rings. The van der Waals surface area contributed by atoms with Crippen molar-refractivity contribution in [1.29, 1.82) is 0 Å². The largest absolute Gasteiger partial charge is 0.399 e. The Balaban J connectivity index is 2.17. The summed E-state index contributed by atoms with van der Waals surface area (Å²) in [4.78, 5) is 22.1. The fraction of sp³-hybridized carbons (Fsp3) is 0.385. The Bertz CT molecular complexity index is 401. The molecule has 0 aliphatic heterocycles. The molecule has 0 fully saturated rings. The standard InChI is InChI=1S/C13H19N3O2/c14-11-6-4-10(5-7-11)9-13(18)16-8-2-1-3-12(15)17/h4-7H,1-3,8-9,14H2,(H2,15,17)(H,16,18). The quantitative estimate of drug-likeness (QED) is 0.487. The van der Waals surface area contributed by atoms with Crippen LogP contribution < -0.4 is 16.8 Å². The highest BCUT2D eigenvalue weighted by Gasteiger charge is 2.02. The number of unbranched alkanes of at least 4 members (excludes halogenated alkanes) is 1. The molecule has 1 rings (SSSR count). The van der Waals surface area contributed by atoms with Crippen LogP contribution in [-0.2, 0) is 16.0 Å². The normalized spacial score (nSPS) is 10.0. The van der Waals surface area contributed by atoms with Crippen molar-refractivity contribution in [2.75, 3.05) is 12.3 Å².